The van der Waals surface area contributed by atoms with Gasteiger partial charge in [-0.3, -0.25) is 14.9 Å². The number of H-pyrrole nitrogens is 1. The van der Waals surface area contributed by atoms with Gasteiger partial charge in [0.05, 0.1) is 22.0 Å². The van der Waals surface area contributed by atoms with Gasteiger partial charge in [0, 0.05) is 17.7 Å². The minimum atomic E-state index is -4.62. The van der Waals surface area contributed by atoms with Crippen LogP contribution in [0.15, 0.2) is 72.8 Å². The molecule has 7 nitrogen and oxygen atoms in total. The zero-order valence-electron chi connectivity index (χ0n) is 16.3. The first kappa shape index (κ1) is 21.0. The molecule has 4 rings (SSSR count). The summed E-state index contributed by atoms with van der Waals surface area (Å²) in [7, 11) is 0. The summed E-state index contributed by atoms with van der Waals surface area (Å²) in [5.41, 5.74) is 1.36. The highest BCUT2D eigenvalue weighted by molar-refractivity contribution is 5.95. The standard InChI is InChI=1S/C22H15F3N4O3/c23-22(24,25)21-26-17-10-9-14(12-18(17)27-21)19(13-5-2-1-3-6-13)28-20(30)15-7-4-8-16(11-15)29(31)32/h1-12,19H,(H,26,27)(H,28,30). The van der Waals surface area contributed by atoms with Crippen LogP contribution in [0.1, 0.15) is 33.4 Å². The van der Waals surface area contributed by atoms with Crippen molar-refractivity contribution in [1.82, 2.24) is 15.3 Å². The third kappa shape index (κ3) is 4.29. The molecule has 32 heavy (non-hydrogen) atoms. The summed E-state index contributed by atoms with van der Waals surface area (Å²) in [6, 6.07) is 17.9. The Morgan fingerprint density at radius 2 is 1.75 bits per heavy atom. The zero-order chi connectivity index (χ0) is 22.9. The maximum Gasteiger partial charge on any atom is 0.449 e. The van der Waals surface area contributed by atoms with E-state index in [2.05, 4.69) is 15.3 Å². The number of nitrogens with one attached hydrogen (secondary N) is 2. The number of benzene rings is 3. The number of non-ortho nitro benzene ring substituents is 1. The minimum absolute atomic E-state index is 0.0853. The van der Waals surface area contributed by atoms with E-state index in [1.165, 1.54) is 30.3 Å². The van der Waals surface area contributed by atoms with Gasteiger partial charge in [-0.1, -0.05) is 42.5 Å². The molecule has 1 heterocycles. The summed E-state index contributed by atoms with van der Waals surface area (Å²) in [4.78, 5) is 29.1. The Bertz CT molecular complexity index is 1300. The molecule has 10 heteroatoms. The molecule has 1 amide bonds. The molecular formula is C22H15F3N4O3. The average Bonchev–Trinajstić information content (AvgIpc) is 3.22. The SMILES string of the molecule is O=C(NC(c1ccccc1)c1ccc2nc(C(F)(F)F)[nH]c2c1)c1cccc([N+](=O)[O-])c1. The number of fused-ring (bicyclic) bond motifs is 1. The number of nitro benzene ring substituents is 1. The van der Waals surface area contributed by atoms with Gasteiger partial charge >= 0.3 is 6.18 Å². The number of nitro groups is 1. The second-order valence-electron chi connectivity index (χ2n) is 6.98. The maximum absolute atomic E-state index is 13.0. The highest BCUT2D eigenvalue weighted by Crippen LogP contribution is 2.30. The van der Waals surface area contributed by atoms with E-state index in [0.29, 0.717) is 11.1 Å². The number of rotatable bonds is 5. The monoisotopic (exact) mass is 440 g/mol. The molecule has 1 unspecified atom stereocenters. The quantitative estimate of drug-likeness (QED) is 0.337. The maximum atomic E-state index is 13.0. The summed E-state index contributed by atoms with van der Waals surface area (Å²) in [6.07, 6.45) is -4.62. The van der Waals surface area contributed by atoms with Crippen LogP contribution in [-0.4, -0.2) is 20.8 Å². The second-order valence-corrected chi connectivity index (χ2v) is 6.98. The Morgan fingerprint density at radius 3 is 2.44 bits per heavy atom. The molecule has 0 aliphatic heterocycles. The van der Waals surface area contributed by atoms with E-state index < -0.39 is 28.9 Å². The third-order valence-corrected chi connectivity index (χ3v) is 4.84. The Kier molecular flexibility index (Phi) is 5.35. The lowest BCUT2D eigenvalue weighted by molar-refractivity contribution is -0.384. The van der Waals surface area contributed by atoms with E-state index in [0.717, 1.165) is 6.07 Å². The number of aromatic amines is 1. The molecule has 1 aromatic heterocycles. The molecule has 0 saturated heterocycles. The summed E-state index contributed by atoms with van der Waals surface area (Å²) in [5.74, 6) is -1.68. The summed E-state index contributed by atoms with van der Waals surface area (Å²) in [5, 5.41) is 13.8. The van der Waals surface area contributed by atoms with Crippen molar-refractivity contribution in [2.24, 2.45) is 0 Å². The number of hydrogen-bond acceptors (Lipinski definition) is 4. The van der Waals surface area contributed by atoms with E-state index in [-0.39, 0.29) is 22.3 Å². The van der Waals surface area contributed by atoms with Crippen LogP contribution >= 0.6 is 0 Å². The molecule has 0 radical (unpaired) electrons. The molecule has 1 atom stereocenters. The predicted octanol–water partition coefficient (Wildman–Crippen LogP) is 5.01. The van der Waals surface area contributed by atoms with Crippen LogP contribution in [-0.2, 0) is 6.18 Å². The van der Waals surface area contributed by atoms with Crippen molar-refractivity contribution in [2.75, 3.05) is 0 Å². The molecule has 0 fully saturated rings. The van der Waals surface area contributed by atoms with Gasteiger partial charge in [-0.05, 0) is 29.3 Å². The largest absolute Gasteiger partial charge is 0.449 e. The first-order valence-corrected chi connectivity index (χ1v) is 9.39. The Hall–Kier alpha value is -4.21. The topological polar surface area (TPSA) is 101 Å². The van der Waals surface area contributed by atoms with Crippen molar-refractivity contribution >= 4 is 22.6 Å². The first-order chi connectivity index (χ1) is 15.2. The lowest BCUT2D eigenvalue weighted by atomic mass is 9.97. The van der Waals surface area contributed by atoms with Gasteiger partial charge in [0.15, 0.2) is 0 Å². The highest BCUT2D eigenvalue weighted by atomic mass is 19.4. The molecule has 0 saturated carbocycles. The van der Waals surface area contributed by atoms with Gasteiger partial charge in [-0.2, -0.15) is 13.2 Å². The molecule has 162 valence electrons. The number of carbonyl (C=O) groups excluding carboxylic acids is 1. The van der Waals surface area contributed by atoms with E-state index in [4.69, 9.17) is 0 Å². The van der Waals surface area contributed by atoms with Crippen molar-refractivity contribution in [1.29, 1.82) is 0 Å². The molecule has 4 aromatic rings. The number of nitrogens with zero attached hydrogens (tertiary/aromatic N) is 2. The number of halogens is 3. The van der Waals surface area contributed by atoms with Crippen LogP contribution in [0.2, 0.25) is 0 Å². The van der Waals surface area contributed by atoms with Crippen LogP contribution in [0.4, 0.5) is 18.9 Å². The van der Waals surface area contributed by atoms with Crippen LogP contribution in [0.5, 0.6) is 0 Å². The Labute approximate surface area is 179 Å². The molecule has 0 spiro atoms. The summed E-state index contributed by atoms with van der Waals surface area (Å²) >= 11 is 0. The van der Waals surface area contributed by atoms with Gasteiger partial charge in [-0.25, -0.2) is 4.98 Å². The second kappa shape index (κ2) is 8.14. The zero-order valence-corrected chi connectivity index (χ0v) is 16.3. The fourth-order valence-corrected chi connectivity index (χ4v) is 3.32. The van der Waals surface area contributed by atoms with Crippen molar-refractivity contribution in [3.8, 4) is 0 Å². The van der Waals surface area contributed by atoms with Crippen molar-refractivity contribution in [3.05, 3.63) is 105 Å². The number of aromatic nitrogens is 2. The van der Waals surface area contributed by atoms with E-state index in [1.54, 1.807) is 36.4 Å². The van der Waals surface area contributed by atoms with Gasteiger partial charge in [-0.15, -0.1) is 0 Å². The highest BCUT2D eigenvalue weighted by Gasteiger charge is 2.34. The van der Waals surface area contributed by atoms with Gasteiger partial charge in [0.2, 0.25) is 5.82 Å². The van der Waals surface area contributed by atoms with Crippen molar-refractivity contribution in [2.45, 2.75) is 12.2 Å². The fourth-order valence-electron chi connectivity index (χ4n) is 3.32. The van der Waals surface area contributed by atoms with Crippen LogP contribution < -0.4 is 5.32 Å². The average molecular weight is 440 g/mol. The predicted molar refractivity (Wildman–Crippen MR) is 110 cm³/mol. The van der Waals surface area contributed by atoms with Crippen LogP contribution in [0.25, 0.3) is 11.0 Å². The van der Waals surface area contributed by atoms with E-state index >= 15 is 0 Å². The molecule has 0 bridgehead atoms. The lowest BCUT2D eigenvalue weighted by Crippen LogP contribution is -2.29. The molecule has 3 aromatic carbocycles. The van der Waals surface area contributed by atoms with Gasteiger partial charge in [0.25, 0.3) is 11.6 Å². The van der Waals surface area contributed by atoms with Crippen LogP contribution in [0, 0.1) is 10.1 Å². The van der Waals surface area contributed by atoms with Crippen molar-refractivity contribution < 1.29 is 22.9 Å². The molecule has 0 aliphatic carbocycles. The van der Waals surface area contributed by atoms with E-state index in [1.807, 2.05) is 0 Å². The van der Waals surface area contributed by atoms with E-state index in [9.17, 15) is 28.1 Å². The number of hydrogen-bond donors (Lipinski definition) is 2. The Balaban J connectivity index is 1.72. The normalized spacial score (nSPS) is 12.5. The fraction of sp³-hybridized carbons (Fsp3) is 0.0909. The molecule has 0 aliphatic rings. The van der Waals surface area contributed by atoms with Gasteiger partial charge < -0.3 is 10.3 Å². The molecular weight excluding hydrogens is 425 g/mol. The lowest BCUT2D eigenvalue weighted by Gasteiger charge is -2.20. The number of imidazole rings is 1. The summed E-state index contributed by atoms with van der Waals surface area (Å²) in [6.45, 7) is 0. The first-order valence-electron chi connectivity index (χ1n) is 9.39. The third-order valence-electron chi connectivity index (χ3n) is 4.84. The number of amides is 1. The Morgan fingerprint density at radius 1 is 1.00 bits per heavy atom. The number of alkyl halides is 3. The summed E-state index contributed by atoms with van der Waals surface area (Å²) < 4.78 is 39.0. The van der Waals surface area contributed by atoms with Gasteiger partial charge in [0.1, 0.15) is 0 Å². The minimum Gasteiger partial charge on any atom is -0.341 e. The van der Waals surface area contributed by atoms with Crippen molar-refractivity contribution in [3.63, 3.8) is 0 Å². The smallest absolute Gasteiger partial charge is 0.341 e. The molecule has 2 N–H and O–H groups in total. The number of carbonyl (C=O) groups is 1. The van der Waals surface area contributed by atoms with Crippen LogP contribution in [0.3, 0.4) is 0 Å².